The molecule has 5 heteroatoms. The molecule has 15 heavy (non-hydrogen) atoms. The molecule has 1 aliphatic heterocycles. The number of aliphatic carboxylic acids is 1. The van der Waals surface area contributed by atoms with Gasteiger partial charge in [0.05, 0.1) is 11.7 Å². The molecular formula is C10H7ClNO2S-. The van der Waals surface area contributed by atoms with Gasteiger partial charge in [0.15, 0.2) is 0 Å². The highest BCUT2D eigenvalue weighted by atomic mass is 35.5. The molecule has 0 aromatic heterocycles. The summed E-state index contributed by atoms with van der Waals surface area (Å²) in [5.74, 6) is -1.19. The van der Waals surface area contributed by atoms with Gasteiger partial charge >= 0.3 is 0 Å². The van der Waals surface area contributed by atoms with E-state index in [9.17, 15) is 9.90 Å². The van der Waals surface area contributed by atoms with Gasteiger partial charge in [-0.3, -0.25) is 0 Å². The van der Waals surface area contributed by atoms with E-state index in [4.69, 9.17) is 11.6 Å². The first-order valence-electron chi connectivity index (χ1n) is 4.40. The molecule has 0 aliphatic carbocycles. The maximum atomic E-state index is 10.6. The first-order chi connectivity index (χ1) is 7.16. The van der Waals surface area contributed by atoms with Crippen LogP contribution in [-0.2, 0) is 11.2 Å². The van der Waals surface area contributed by atoms with Crippen LogP contribution in [0.2, 0.25) is 5.02 Å². The first-order valence-corrected chi connectivity index (χ1v) is 5.55. The highest BCUT2D eigenvalue weighted by molar-refractivity contribution is 7.98. The van der Waals surface area contributed by atoms with Gasteiger partial charge < -0.3 is 9.90 Å². The van der Waals surface area contributed by atoms with Gasteiger partial charge in [0.25, 0.3) is 0 Å². The molecule has 1 aliphatic rings. The lowest BCUT2D eigenvalue weighted by Crippen LogP contribution is -2.31. The predicted molar refractivity (Wildman–Crippen MR) is 58.1 cm³/mol. The van der Waals surface area contributed by atoms with Crippen LogP contribution in [0, 0.1) is 0 Å². The predicted octanol–water partition coefficient (Wildman–Crippen LogP) is 1.48. The number of rotatable bonds is 1. The van der Waals surface area contributed by atoms with E-state index in [0.29, 0.717) is 17.9 Å². The van der Waals surface area contributed by atoms with Crippen molar-refractivity contribution in [3.63, 3.8) is 0 Å². The van der Waals surface area contributed by atoms with Crippen LogP contribution >= 0.6 is 23.5 Å². The smallest absolute Gasteiger partial charge is 0.0865 e. The lowest BCUT2D eigenvalue weighted by atomic mass is 10.1. The van der Waals surface area contributed by atoms with Gasteiger partial charge in [-0.15, -0.1) is 0 Å². The summed E-state index contributed by atoms with van der Waals surface area (Å²) in [5.41, 5.74) is 1.14. The van der Waals surface area contributed by atoms with Gasteiger partial charge in [-0.2, -0.15) is 0 Å². The van der Waals surface area contributed by atoms with Crippen LogP contribution < -0.4 is 5.11 Å². The van der Waals surface area contributed by atoms with E-state index >= 15 is 0 Å². The van der Waals surface area contributed by atoms with Gasteiger partial charge in [0.2, 0.25) is 0 Å². The van der Waals surface area contributed by atoms with Gasteiger partial charge in [0.1, 0.15) is 0 Å². The molecule has 0 atom stereocenters. The molecule has 3 nitrogen and oxygen atoms in total. The molecule has 78 valence electrons. The molecular weight excluding hydrogens is 234 g/mol. The molecule has 0 radical (unpaired) electrons. The van der Waals surface area contributed by atoms with Crippen molar-refractivity contribution in [1.29, 1.82) is 0 Å². The lowest BCUT2D eigenvalue weighted by molar-refractivity contribution is -0.294. The minimum absolute atomic E-state index is 0.104. The van der Waals surface area contributed by atoms with Crippen LogP contribution in [-0.4, -0.2) is 11.7 Å². The van der Waals surface area contributed by atoms with E-state index < -0.39 is 5.97 Å². The lowest BCUT2D eigenvalue weighted by Gasteiger charge is -2.03. The SMILES string of the molecule is O=C([O-])C1=NSc2ccc(Cl)cc2CC1. The Bertz CT molecular complexity index is 445. The third kappa shape index (κ3) is 2.33. The molecule has 1 aromatic rings. The quantitative estimate of drug-likeness (QED) is 0.699. The number of carboxylic acid groups (broad SMARTS) is 1. The van der Waals surface area contributed by atoms with Crippen molar-refractivity contribution in [1.82, 2.24) is 0 Å². The minimum Gasteiger partial charge on any atom is -0.543 e. The number of hydrogen-bond acceptors (Lipinski definition) is 4. The summed E-state index contributed by atoms with van der Waals surface area (Å²) in [7, 11) is 0. The summed E-state index contributed by atoms with van der Waals surface area (Å²) in [6.45, 7) is 0. The largest absolute Gasteiger partial charge is 0.543 e. The fourth-order valence-corrected chi connectivity index (χ4v) is 2.35. The average molecular weight is 241 g/mol. The Morgan fingerprint density at radius 3 is 3.00 bits per heavy atom. The van der Waals surface area contributed by atoms with Gasteiger partial charge in [-0.1, -0.05) is 11.6 Å². The maximum Gasteiger partial charge on any atom is 0.0865 e. The fraction of sp³-hybridized carbons (Fsp3) is 0.200. The molecule has 0 saturated heterocycles. The Morgan fingerprint density at radius 2 is 2.27 bits per heavy atom. The molecule has 1 aromatic carbocycles. The van der Waals surface area contributed by atoms with Gasteiger partial charge in [-0.05, 0) is 36.6 Å². The van der Waals surface area contributed by atoms with Crippen LogP contribution in [0.25, 0.3) is 0 Å². The zero-order valence-electron chi connectivity index (χ0n) is 7.70. The number of carbonyl (C=O) groups is 1. The maximum absolute atomic E-state index is 10.6. The fourth-order valence-electron chi connectivity index (χ4n) is 1.37. The normalized spacial score (nSPS) is 15.1. The highest BCUT2D eigenvalue weighted by Crippen LogP contribution is 2.30. The molecule has 1 heterocycles. The molecule has 0 fully saturated rings. The van der Waals surface area contributed by atoms with Crippen molar-refractivity contribution in [2.45, 2.75) is 17.7 Å². The number of nitrogens with zero attached hydrogens (tertiary/aromatic N) is 1. The van der Waals surface area contributed by atoms with E-state index in [0.717, 1.165) is 22.4 Å². The average Bonchev–Trinajstić information content (AvgIpc) is 2.39. The number of hydrogen-bond donors (Lipinski definition) is 0. The van der Waals surface area contributed by atoms with E-state index in [1.807, 2.05) is 12.1 Å². The standard InChI is InChI=1S/C10H8ClNO2S/c11-7-2-4-9-6(5-7)1-3-8(10(13)14)12-15-9/h2,4-5H,1,3H2,(H,13,14)/p-1. The van der Waals surface area contributed by atoms with Gasteiger partial charge in [-0.25, -0.2) is 4.40 Å². The molecule has 0 saturated carbocycles. The molecule has 2 rings (SSSR count). The number of halogens is 1. The first kappa shape index (κ1) is 10.5. The number of carboxylic acids is 1. The Balaban J connectivity index is 2.30. The van der Waals surface area contributed by atoms with Crippen molar-refractivity contribution >= 4 is 35.2 Å². The third-order valence-electron chi connectivity index (χ3n) is 2.14. The second-order valence-corrected chi connectivity index (χ2v) is 4.41. The van der Waals surface area contributed by atoms with Gasteiger partial charge in [0, 0.05) is 21.9 Å². The van der Waals surface area contributed by atoms with E-state index in [2.05, 4.69) is 4.40 Å². The monoisotopic (exact) mass is 240 g/mol. The van der Waals surface area contributed by atoms with Crippen molar-refractivity contribution in [2.24, 2.45) is 4.40 Å². The number of carbonyl (C=O) groups excluding carboxylic acids is 1. The Hall–Kier alpha value is -1.00. The van der Waals surface area contributed by atoms with Crippen LogP contribution in [0.1, 0.15) is 12.0 Å². The van der Waals surface area contributed by atoms with Crippen LogP contribution in [0.15, 0.2) is 27.5 Å². The summed E-state index contributed by atoms with van der Waals surface area (Å²) in [5, 5.41) is 11.3. The molecule has 0 spiro atoms. The van der Waals surface area contributed by atoms with E-state index in [1.54, 1.807) is 6.07 Å². The second kappa shape index (κ2) is 4.24. The summed E-state index contributed by atoms with van der Waals surface area (Å²) in [6.07, 6.45) is 1.03. The van der Waals surface area contributed by atoms with Crippen LogP contribution in [0.3, 0.4) is 0 Å². The number of benzene rings is 1. The van der Waals surface area contributed by atoms with Crippen molar-refractivity contribution in [3.8, 4) is 0 Å². The third-order valence-corrected chi connectivity index (χ3v) is 3.29. The molecule has 0 amide bonds. The Kier molecular flexibility index (Phi) is 2.98. The summed E-state index contributed by atoms with van der Waals surface area (Å²) in [4.78, 5) is 11.6. The van der Waals surface area contributed by atoms with Crippen LogP contribution in [0.5, 0.6) is 0 Å². The molecule has 0 N–H and O–H groups in total. The highest BCUT2D eigenvalue weighted by Gasteiger charge is 2.11. The van der Waals surface area contributed by atoms with Crippen molar-refractivity contribution in [3.05, 3.63) is 28.8 Å². The number of fused-ring (bicyclic) bond motifs is 1. The van der Waals surface area contributed by atoms with Crippen molar-refractivity contribution < 1.29 is 9.90 Å². The Labute approximate surface area is 96.3 Å². The second-order valence-electron chi connectivity index (χ2n) is 3.17. The molecule has 0 unspecified atom stereocenters. The number of aryl methyl sites for hydroxylation is 1. The zero-order valence-corrected chi connectivity index (χ0v) is 9.27. The van der Waals surface area contributed by atoms with E-state index in [-0.39, 0.29) is 5.71 Å². The summed E-state index contributed by atoms with van der Waals surface area (Å²) in [6, 6.07) is 5.47. The summed E-state index contributed by atoms with van der Waals surface area (Å²) < 4.78 is 3.92. The van der Waals surface area contributed by atoms with Crippen molar-refractivity contribution in [2.75, 3.05) is 0 Å². The Morgan fingerprint density at radius 1 is 1.47 bits per heavy atom. The minimum atomic E-state index is -1.19. The zero-order chi connectivity index (χ0) is 10.8. The summed E-state index contributed by atoms with van der Waals surface area (Å²) >= 11 is 7.02. The molecule has 0 bridgehead atoms. The topological polar surface area (TPSA) is 52.5 Å². The van der Waals surface area contributed by atoms with Crippen LogP contribution in [0.4, 0.5) is 0 Å². The van der Waals surface area contributed by atoms with E-state index in [1.165, 1.54) is 0 Å².